The molecule has 3 N–H and O–H groups in total. The van der Waals surface area contributed by atoms with Gasteiger partial charge in [-0.15, -0.1) is 0 Å². The van der Waals surface area contributed by atoms with Crippen molar-refractivity contribution in [1.82, 2.24) is 9.78 Å². The summed E-state index contributed by atoms with van der Waals surface area (Å²) in [7, 11) is -1.19. The molecule has 0 spiro atoms. The van der Waals surface area contributed by atoms with Crippen molar-refractivity contribution in [2.24, 2.45) is 12.8 Å². The topological polar surface area (TPSA) is 105 Å². The molecule has 1 aromatic heterocycles. The van der Waals surface area contributed by atoms with Gasteiger partial charge in [-0.2, -0.15) is 5.10 Å². The number of hydrogen-bond donors (Lipinski definition) is 2. The van der Waals surface area contributed by atoms with E-state index in [1.807, 2.05) is 11.8 Å². The largest absolute Gasteiger partial charge is 0.384 e. The summed E-state index contributed by atoms with van der Waals surface area (Å²) >= 11 is 0. The molecule has 1 unspecified atom stereocenters. The Kier molecular flexibility index (Phi) is 3.29. The molecule has 0 amide bonds. The zero-order valence-electron chi connectivity index (χ0n) is 11.3. The van der Waals surface area contributed by atoms with Crippen molar-refractivity contribution in [1.29, 1.82) is 5.41 Å². The first-order valence-corrected chi connectivity index (χ1v) is 7.90. The van der Waals surface area contributed by atoms with Crippen molar-refractivity contribution in [3.63, 3.8) is 0 Å². The highest BCUT2D eigenvalue weighted by Gasteiger charge is 2.32. The monoisotopic (exact) mass is 285 g/mol. The van der Waals surface area contributed by atoms with Crippen LogP contribution in [0.3, 0.4) is 0 Å². The van der Waals surface area contributed by atoms with Crippen LogP contribution < -0.4 is 10.6 Å². The van der Waals surface area contributed by atoms with Crippen molar-refractivity contribution in [3.05, 3.63) is 11.3 Å². The minimum absolute atomic E-state index is 0.0405. The van der Waals surface area contributed by atoms with Crippen LogP contribution in [0, 0.1) is 12.3 Å². The zero-order valence-corrected chi connectivity index (χ0v) is 12.2. The maximum absolute atomic E-state index is 11.6. The van der Waals surface area contributed by atoms with Crippen LogP contribution in [-0.4, -0.2) is 48.1 Å². The lowest BCUT2D eigenvalue weighted by molar-refractivity contribution is 0.561. The molecular formula is C11H19N5O2S. The van der Waals surface area contributed by atoms with Gasteiger partial charge in [-0.3, -0.25) is 10.1 Å². The second kappa shape index (κ2) is 4.52. The Bertz CT molecular complexity index is 619. The molecule has 7 nitrogen and oxygen atoms in total. The fraction of sp³-hybridized carbons (Fsp3) is 0.636. The summed E-state index contributed by atoms with van der Waals surface area (Å²) < 4.78 is 24.9. The van der Waals surface area contributed by atoms with E-state index in [4.69, 9.17) is 11.1 Å². The summed E-state index contributed by atoms with van der Waals surface area (Å²) in [6.45, 7) is 4.07. The first-order chi connectivity index (χ1) is 8.73. The molecule has 1 aliphatic rings. The van der Waals surface area contributed by atoms with Crippen molar-refractivity contribution in [2.45, 2.75) is 19.9 Å². The molecular weight excluding hydrogens is 266 g/mol. The number of anilines is 1. The Balaban J connectivity index is 2.46. The molecule has 0 bridgehead atoms. The van der Waals surface area contributed by atoms with Gasteiger partial charge in [0.05, 0.1) is 22.8 Å². The van der Waals surface area contributed by atoms with Gasteiger partial charge in [-0.05, 0) is 13.8 Å². The van der Waals surface area contributed by atoms with E-state index in [9.17, 15) is 8.42 Å². The summed E-state index contributed by atoms with van der Waals surface area (Å²) in [6, 6.07) is -0.147. The predicted molar refractivity (Wildman–Crippen MR) is 74.4 cm³/mol. The minimum Gasteiger partial charge on any atom is -0.384 e. The molecule has 0 saturated carbocycles. The number of hydrogen-bond acceptors (Lipinski definition) is 5. The second-order valence-electron chi connectivity index (χ2n) is 4.98. The number of aryl methyl sites for hydroxylation is 2. The van der Waals surface area contributed by atoms with E-state index < -0.39 is 9.84 Å². The molecule has 106 valence electrons. The van der Waals surface area contributed by atoms with Crippen LogP contribution in [0.5, 0.6) is 0 Å². The lowest BCUT2D eigenvalue weighted by atomic mass is 10.2. The Hall–Kier alpha value is -1.57. The van der Waals surface area contributed by atoms with Crippen molar-refractivity contribution >= 4 is 21.5 Å². The molecule has 0 aliphatic carbocycles. The highest BCUT2D eigenvalue weighted by atomic mass is 32.2. The smallest absolute Gasteiger partial charge is 0.154 e. The number of sulfone groups is 1. The molecule has 2 heterocycles. The van der Waals surface area contributed by atoms with Gasteiger partial charge < -0.3 is 10.6 Å². The molecule has 1 fully saturated rings. The standard InChI is InChI=1S/C11H19N5O2S/c1-7-6-19(17,18)5-4-16(7)11-9(10(12)13)8(2)14-15(11)3/h7H,4-6H2,1-3H3,(H3,12,13). The van der Waals surface area contributed by atoms with Crippen molar-refractivity contribution in [3.8, 4) is 0 Å². The Labute approximate surface area is 112 Å². The van der Waals surface area contributed by atoms with Gasteiger partial charge in [-0.25, -0.2) is 8.42 Å². The third kappa shape index (κ3) is 2.44. The Morgan fingerprint density at radius 3 is 2.68 bits per heavy atom. The average molecular weight is 285 g/mol. The van der Waals surface area contributed by atoms with E-state index in [1.54, 1.807) is 18.7 Å². The maximum atomic E-state index is 11.6. The molecule has 1 aliphatic heterocycles. The maximum Gasteiger partial charge on any atom is 0.154 e. The van der Waals surface area contributed by atoms with E-state index in [0.29, 0.717) is 17.8 Å². The number of nitrogen functional groups attached to an aromatic ring is 1. The van der Waals surface area contributed by atoms with Gasteiger partial charge in [0, 0.05) is 19.6 Å². The third-order valence-electron chi connectivity index (χ3n) is 3.40. The zero-order chi connectivity index (χ0) is 14.4. The van der Waals surface area contributed by atoms with Crippen LogP contribution in [0.25, 0.3) is 0 Å². The molecule has 0 radical (unpaired) electrons. The van der Waals surface area contributed by atoms with Crippen LogP contribution in [0.4, 0.5) is 5.82 Å². The first-order valence-electron chi connectivity index (χ1n) is 6.08. The number of amidine groups is 1. The van der Waals surface area contributed by atoms with Gasteiger partial charge in [0.15, 0.2) is 9.84 Å². The van der Waals surface area contributed by atoms with E-state index in [-0.39, 0.29) is 23.4 Å². The van der Waals surface area contributed by atoms with E-state index in [2.05, 4.69) is 5.10 Å². The minimum atomic E-state index is -2.97. The summed E-state index contributed by atoms with van der Waals surface area (Å²) in [5.74, 6) is 0.932. The number of aromatic nitrogens is 2. The lowest BCUT2D eigenvalue weighted by Gasteiger charge is -2.35. The van der Waals surface area contributed by atoms with E-state index in [0.717, 1.165) is 5.82 Å². The van der Waals surface area contributed by atoms with Gasteiger partial charge in [0.2, 0.25) is 0 Å². The molecule has 19 heavy (non-hydrogen) atoms. The SMILES string of the molecule is Cc1nn(C)c(N2CCS(=O)(=O)CC2C)c1C(=N)N. The van der Waals surface area contributed by atoms with E-state index >= 15 is 0 Å². The fourth-order valence-electron chi connectivity index (χ4n) is 2.60. The number of nitrogens with two attached hydrogens (primary N) is 1. The fourth-order valence-corrected chi connectivity index (χ4v) is 4.16. The highest BCUT2D eigenvalue weighted by molar-refractivity contribution is 7.91. The second-order valence-corrected chi connectivity index (χ2v) is 7.21. The molecule has 1 saturated heterocycles. The Morgan fingerprint density at radius 2 is 2.16 bits per heavy atom. The summed E-state index contributed by atoms with van der Waals surface area (Å²) in [5.41, 5.74) is 6.90. The first kappa shape index (κ1) is 13.9. The lowest BCUT2D eigenvalue weighted by Crippen LogP contribution is -2.48. The van der Waals surface area contributed by atoms with Gasteiger partial charge in [-0.1, -0.05) is 0 Å². The summed E-state index contributed by atoms with van der Waals surface area (Å²) in [4.78, 5) is 1.97. The summed E-state index contributed by atoms with van der Waals surface area (Å²) in [5, 5.41) is 12.0. The highest BCUT2D eigenvalue weighted by Crippen LogP contribution is 2.27. The quantitative estimate of drug-likeness (QED) is 0.570. The average Bonchev–Trinajstić information content (AvgIpc) is 2.52. The molecule has 1 atom stereocenters. The molecule has 1 aromatic rings. The molecule has 2 rings (SSSR count). The predicted octanol–water partition coefficient (Wildman–Crippen LogP) is -0.364. The Morgan fingerprint density at radius 1 is 1.53 bits per heavy atom. The van der Waals surface area contributed by atoms with Crippen LogP contribution in [-0.2, 0) is 16.9 Å². The normalized spacial score (nSPS) is 22.5. The number of rotatable bonds is 2. The summed E-state index contributed by atoms with van der Waals surface area (Å²) in [6.07, 6.45) is 0. The van der Waals surface area contributed by atoms with Gasteiger partial charge >= 0.3 is 0 Å². The van der Waals surface area contributed by atoms with Crippen LogP contribution in [0.15, 0.2) is 0 Å². The van der Waals surface area contributed by atoms with Crippen LogP contribution >= 0.6 is 0 Å². The molecule has 0 aromatic carbocycles. The van der Waals surface area contributed by atoms with E-state index in [1.165, 1.54) is 0 Å². The van der Waals surface area contributed by atoms with Crippen LogP contribution in [0.1, 0.15) is 18.2 Å². The van der Waals surface area contributed by atoms with Gasteiger partial charge in [0.1, 0.15) is 11.7 Å². The van der Waals surface area contributed by atoms with Crippen LogP contribution in [0.2, 0.25) is 0 Å². The van der Waals surface area contributed by atoms with Crippen molar-refractivity contribution in [2.75, 3.05) is 23.0 Å². The number of nitrogens with one attached hydrogen (secondary N) is 1. The van der Waals surface area contributed by atoms with Crippen molar-refractivity contribution < 1.29 is 8.42 Å². The third-order valence-corrected chi connectivity index (χ3v) is 5.20. The molecule has 8 heteroatoms. The number of nitrogens with zero attached hydrogens (tertiary/aromatic N) is 3. The van der Waals surface area contributed by atoms with Gasteiger partial charge in [0.25, 0.3) is 0 Å².